The van der Waals surface area contributed by atoms with Gasteiger partial charge in [-0.3, -0.25) is 0 Å². The lowest BCUT2D eigenvalue weighted by Crippen LogP contribution is -2.31. The number of hydrogen-bond donors (Lipinski definition) is 0. The molecule has 0 fully saturated rings. The van der Waals surface area contributed by atoms with Gasteiger partial charge in [0.1, 0.15) is 17.2 Å². The van der Waals surface area contributed by atoms with Gasteiger partial charge >= 0.3 is 13.7 Å². The number of unbranched alkanes of at least 4 members (excludes halogenated alkanes) is 5. The standard InChI is InChI=1S/C44H63N7O3P2S2/c1-10-14-16-18-33-44(7,56(58)51(9)47-34-37-21-27-39(28-22-37)52-42(5,48-49-45)32-17-15-11-2)54-41-29-23-38(24-30-41)35-46-50(8)55(57)43(6,31-12-3)53-40-25-19-36(13-4)20-26-40/h13,19-30,34-35H,4,10-12,14-18,31-33H2,1-3,5-9H3/q+2/b46-35+,47-34+. The van der Waals surface area contributed by atoms with Crippen molar-refractivity contribution in [2.24, 2.45) is 15.3 Å². The van der Waals surface area contributed by atoms with E-state index in [9.17, 15) is 0 Å². The molecule has 0 aliphatic carbocycles. The highest BCUT2D eigenvalue weighted by Crippen LogP contribution is 2.48. The van der Waals surface area contributed by atoms with Gasteiger partial charge in [0.2, 0.25) is 0 Å². The number of benzene rings is 3. The summed E-state index contributed by atoms with van der Waals surface area (Å²) >= 11 is 12.3. The molecule has 14 heteroatoms. The van der Waals surface area contributed by atoms with Gasteiger partial charge in [-0.15, -0.1) is 19.8 Å². The molecule has 0 N–H and O–H groups in total. The van der Waals surface area contributed by atoms with Gasteiger partial charge in [0.25, 0.3) is 10.7 Å². The van der Waals surface area contributed by atoms with Gasteiger partial charge in [0.15, 0.2) is 29.3 Å². The average Bonchev–Trinajstić information content (AvgIpc) is 3.21. The van der Waals surface area contributed by atoms with Crippen molar-refractivity contribution in [3.05, 3.63) is 107 Å². The molecule has 0 spiro atoms. The van der Waals surface area contributed by atoms with Crippen molar-refractivity contribution < 1.29 is 14.2 Å². The molecule has 10 nitrogen and oxygen atoms in total. The van der Waals surface area contributed by atoms with E-state index in [1.165, 1.54) is 6.42 Å². The molecule has 5 unspecified atom stereocenters. The Morgan fingerprint density at radius 1 is 0.621 bits per heavy atom. The highest BCUT2D eigenvalue weighted by atomic mass is 32.4. The molecule has 0 heterocycles. The second-order valence-electron chi connectivity index (χ2n) is 15.0. The van der Waals surface area contributed by atoms with Gasteiger partial charge in [-0.2, -0.15) is 0 Å². The Balaban J connectivity index is 1.70. The first kappa shape index (κ1) is 48.5. The molecule has 0 amide bonds. The van der Waals surface area contributed by atoms with Crippen LogP contribution in [0.2, 0.25) is 0 Å². The Kier molecular flexibility index (Phi) is 20.3. The monoisotopic (exact) mass is 863 g/mol. The minimum Gasteiger partial charge on any atom is -0.481 e. The molecule has 3 rings (SSSR count). The zero-order valence-electron chi connectivity index (χ0n) is 35.7. The quantitative estimate of drug-likeness (QED) is 0.0143. The van der Waals surface area contributed by atoms with Crippen molar-refractivity contribution in [2.75, 3.05) is 14.1 Å². The predicted octanol–water partition coefficient (Wildman–Crippen LogP) is 13.9. The maximum absolute atomic E-state index is 9.12. The number of hydrazone groups is 2. The van der Waals surface area contributed by atoms with Crippen LogP contribution in [0, 0.1) is 0 Å². The summed E-state index contributed by atoms with van der Waals surface area (Å²) in [4.78, 5) is 3.03. The lowest BCUT2D eigenvalue weighted by atomic mass is 10.1. The molecule has 0 aromatic heterocycles. The summed E-state index contributed by atoms with van der Waals surface area (Å²) in [7, 11) is 3.84. The van der Waals surface area contributed by atoms with Crippen LogP contribution in [0.3, 0.4) is 0 Å². The molecule has 58 heavy (non-hydrogen) atoms. The summed E-state index contributed by atoms with van der Waals surface area (Å²) in [6.45, 7) is 13.9. The third-order valence-corrected chi connectivity index (χ3v) is 16.9. The molecule has 0 saturated carbocycles. The van der Waals surface area contributed by atoms with Crippen LogP contribution in [-0.2, 0) is 23.6 Å². The molecule has 0 bridgehead atoms. The molecule has 3 aromatic rings. The van der Waals surface area contributed by atoms with Gasteiger partial charge in [-0.1, -0.05) is 77.7 Å². The maximum atomic E-state index is 9.12. The fourth-order valence-corrected chi connectivity index (χ4v) is 9.99. The van der Waals surface area contributed by atoms with Crippen LogP contribution in [0.25, 0.3) is 16.5 Å². The number of nitrogens with zero attached hydrogens (tertiary/aromatic N) is 7. The van der Waals surface area contributed by atoms with Crippen molar-refractivity contribution >= 4 is 55.8 Å². The third kappa shape index (κ3) is 15.4. The normalized spacial score (nSPS) is 15.0. The van der Waals surface area contributed by atoms with Crippen molar-refractivity contribution in [1.29, 1.82) is 0 Å². The van der Waals surface area contributed by atoms with E-state index in [4.69, 9.17) is 53.6 Å². The van der Waals surface area contributed by atoms with Crippen LogP contribution in [0.4, 0.5) is 0 Å². The third-order valence-electron chi connectivity index (χ3n) is 9.68. The number of ether oxygens (including phenoxy) is 3. The summed E-state index contributed by atoms with van der Waals surface area (Å²) in [5, 5.41) is 12.3. The molecule has 0 aliphatic rings. The number of azide groups is 1. The highest BCUT2D eigenvalue weighted by molar-refractivity contribution is 8.04. The Labute approximate surface area is 359 Å². The predicted molar refractivity (Wildman–Crippen MR) is 253 cm³/mol. The van der Waals surface area contributed by atoms with Crippen LogP contribution in [-0.4, -0.2) is 52.5 Å². The minimum atomic E-state index is -1.26. The topological polar surface area (TPSA) is 108 Å². The molecule has 0 aliphatic heterocycles. The lowest BCUT2D eigenvalue weighted by molar-refractivity contribution is 0.0835. The molecule has 5 atom stereocenters. The van der Waals surface area contributed by atoms with Gasteiger partial charge < -0.3 is 14.2 Å². The van der Waals surface area contributed by atoms with E-state index < -0.39 is 30.1 Å². The molecule has 0 radical (unpaired) electrons. The van der Waals surface area contributed by atoms with E-state index in [0.29, 0.717) is 12.2 Å². The summed E-state index contributed by atoms with van der Waals surface area (Å²) in [5.74, 6) is 2.16. The molecular weight excluding hydrogens is 801 g/mol. The lowest BCUT2D eigenvalue weighted by Gasteiger charge is -2.25. The van der Waals surface area contributed by atoms with Crippen LogP contribution in [0.15, 0.2) is 94.7 Å². The SMILES string of the molecule is C=Cc1ccc(OC(C)(CCC)[P+](=S)N(C)/N=C/c2ccc(OC(C)(CCCCCC)[P+](=S)N(C)/N=C/c3ccc(OC(C)(CCCCC)N=[N+]=[N-])cc3)cc2)cc1. The Hall–Kier alpha value is -3.91. The highest BCUT2D eigenvalue weighted by Gasteiger charge is 2.47. The zero-order valence-corrected chi connectivity index (χ0v) is 39.1. The average molecular weight is 864 g/mol. The second-order valence-corrected chi connectivity index (χ2v) is 21.2. The van der Waals surface area contributed by atoms with Crippen molar-refractivity contribution in [3.63, 3.8) is 0 Å². The molecule has 312 valence electrons. The maximum Gasteiger partial charge on any atom is 0.358 e. The van der Waals surface area contributed by atoms with E-state index in [-0.39, 0.29) is 0 Å². The molecule has 3 aromatic carbocycles. The van der Waals surface area contributed by atoms with Crippen molar-refractivity contribution in [3.8, 4) is 17.2 Å². The zero-order chi connectivity index (χ0) is 42.6. The summed E-state index contributed by atoms with van der Waals surface area (Å²) < 4.78 is 23.1. The van der Waals surface area contributed by atoms with Gasteiger partial charge in [0, 0.05) is 31.6 Å². The van der Waals surface area contributed by atoms with Crippen LogP contribution in [0.5, 0.6) is 17.2 Å². The van der Waals surface area contributed by atoms with E-state index in [2.05, 4.69) is 51.2 Å². The van der Waals surface area contributed by atoms with Crippen LogP contribution in [0.1, 0.15) is 129 Å². The van der Waals surface area contributed by atoms with E-state index >= 15 is 0 Å². The fourth-order valence-electron chi connectivity index (χ4n) is 6.32. The minimum absolute atomic E-state index is 0.565. The molecular formula is C44H63N7O3P2S2+2. The van der Waals surface area contributed by atoms with Crippen molar-refractivity contribution in [2.45, 2.75) is 129 Å². The van der Waals surface area contributed by atoms with E-state index in [1.807, 2.05) is 116 Å². The largest absolute Gasteiger partial charge is 0.481 e. The Bertz CT molecular complexity index is 1880. The summed E-state index contributed by atoms with van der Waals surface area (Å²) in [6.07, 6.45) is 16.1. The number of rotatable bonds is 27. The van der Waals surface area contributed by atoms with Gasteiger partial charge in [-0.05, 0) is 121 Å². The smallest absolute Gasteiger partial charge is 0.358 e. The molecule has 0 saturated heterocycles. The first-order valence-corrected chi connectivity index (χ1v) is 24.9. The first-order chi connectivity index (χ1) is 27.7. The number of hydrogen-bond acceptors (Lipinski definition) is 8. The van der Waals surface area contributed by atoms with Crippen LogP contribution < -0.4 is 14.2 Å². The van der Waals surface area contributed by atoms with Crippen molar-refractivity contribution in [1.82, 2.24) is 9.56 Å². The Morgan fingerprint density at radius 3 is 1.47 bits per heavy atom. The van der Waals surface area contributed by atoms with Gasteiger partial charge in [-0.25, -0.2) is 0 Å². The van der Waals surface area contributed by atoms with Crippen LogP contribution >= 0.6 is 13.7 Å². The van der Waals surface area contributed by atoms with Gasteiger partial charge in [0.05, 0.1) is 26.5 Å². The second kappa shape index (κ2) is 24.2. The summed E-state index contributed by atoms with van der Waals surface area (Å²) in [5.41, 5.74) is 11.1. The fraction of sp³-hybridized carbons (Fsp3) is 0.500. The Morgan fingerprint density at radius 2 is 1.03 bits per heavy atom. The van der Waals surface area contributed by atoms with E-state index in [1.54, 1.807) is 6.21 Å². The first-order valence-electron chi connectivity index (χ1n) is 20.3. The summed E-state index contributed by atoms with van der Waals surface area (Å²) in [6, 6.07) is 23.5. The van der Waals surface area contributed by atoms with E-state index in [0.717, 1.165) is 86.0 Å².